The molecule has 2 heterocycles. The van der Waals surface area contributed by atoms with Crippen LogP contribution in [0.15, 0.2) is 23.1 Å². The summed E-state index contributed by atoms with van der Waals surface area (Å²) in [4.78, 5) is 25.0. The summed E-state index contributed by atoms with van der Waals surface area (Å²) in [5.74, 6) is -0.552. The summed E-state index contributed by atoms with van der Waals surface area (Å²) in [5.41, 5.74) is 6.29. The number of nitrogens with zero attached hydrogens (tertiary/aromatic N) is 2. The molecule has 3 rings (SSSR count). The van der Waals surface area contributed by atoms with Gasteiger partial charge in [-0.2, -0.15) is 4.31 Å². The number of benzene rings is 1. The van der Waals surface area contributed by atoms with Gasteiger partial charge in [0.15, 0.2) is 0 Å². The van der Waals surface area contributed by atoms with E-state index in [0.29, 0.717) is 19.0 Å². The maximum Gasteiger partial charge on any atom is 0.261 e. The monoisotopic (exact) mass is 351 g/mol. The third-order valence-corrected chi connectivity index (χ3v) is 6.84. The number of piperidine rings is 1. The lowest BCUT2D eigenvalue weighted by Gasteiger charge is -2.32. The van der Waals surface area contributed by atoms with Crippen molar-refractivity contribution in [2.24, 2.45) is 11.7 Å². The first-order chi connectivity index (χ1) is 11.2. The average molecular weight is 351 g/mol. The first-order valence-corrected chi connectivity index (χ1v) is 9.39. The zero-order valence-electron chi connectivity index (χ0n) is 13.7. The van der Waals surface area contributed by atoms with Gasteiger partial charge in [0.25, 0.3) is 11.8 Å². The zero-order valence-corrected chi connectivity index (χ0v) is 14.5. The van der Waals surface area contributed by atoms with E-state index in [4.69, 9.17) is 5.73 Å². The van der Waals surface area contributed by atoms with Gasteiger partial charge >= 0.3 is 0 Å². The van der Waals surface area contributed by atoms with Crippen LogP contribution >= 0.6 is 0 Å². The minimum absolute atomic E-state index is 0.0500. The molecular weight excluding hydrogens is 330 g/mol. The van der Waals surface area contributed by atoms with Crippen molar-refractivity contribution in [2.75, 3.05) is 20.1 Å². The van der Waals surface area contributed by atoms with Crippen LogP contribution in [0.1, 0.15) is 40.5 Å². The second-order valence-corrected chi connectivity index (χ2v) is 8.42. The number of nitrogens with two attached hydrogens (primary N) is 1. The number of imide groups is 1. The molecule has 0 aliphatic carbocycles. The van der Waals surface area contributed by atoms with Crippen LogP contribution in [0.3, 0.4) is 0 Å². The van der Waals surface area contributed by atoms with Gasteiger partial charge in [0.2, 0.25) is 10.0 Å². The minimum atomic E-state index is -3.68. The summed E-state index contributed by atoms with van der Waals surface area (Å²) >= 11 is 0. The molecule has 0 radical (unpaired) electrons. The molecule has 2 aliphatic heterocycles. The Labute approximate surface area is 141 Å². The van der Waals surface area contributed by atoms with Gasteiger partial charge in [-0.25, -0.2) is 8.42 Å². The molecule has 1 aromatic carbocycles. The SMILES string of the molecule is CC(N)C1CCN(S(=O)(=O)c2ccc3c(c2)C(=O)N(C)C3=O)CC1. The fraction of sp³-hybridized carbons (Fsp3) is 0.500. The first kappa shape index (κ1) is 17.1. The quantitative estimate of drug-likeness (QED) is 0.806. The largest absolute Gasteiger partial charge is 0.328 e. The van der Waals surface area contributed by atoms with Gasteiger partial charge in [-0.05, 0) is 43.9 Å². The predicted octanol–water partition coefficient (Wildman–Crippen LogP) is 0.660. The highest BCUT2D eigenvalue weighted by Gasteiger charge is 2.36. The molecule has 2 N–H and O–H groups in total. The first-order valence-electron chi connectivity index (χ1n) is 7.95. The number of sulfonamides is 1. The van der Waals surface area contributed by atoms with Crippen LogP contribution in [-0.4, -0.2) is 55.6 Å². The predicted molar refractivity (Wildman–Crippen MR) is 88.0 cm³/mol. The Kier molecular flexibility index (Phi) is 4.23. The van der Waals surface area contributed by atoms with Gasteiger partial charge in [0, 0.05) is 26.2 Å². The number of hydrogen-bond acceptors (Lipinski definition) is 5. The molecule has 0 aromatic heterocycles. The summed E-state index contributed by atoms with van der Waals surface area (Å²) in [6.07, 6.45) is 1.45. The average Bonchev–Trinajstić information content (AvgIpc) is 2.79. The Balaban J connectivity index is 1.87. The zero-order chi connectivity index (χ0) is 17.6. The molecule has 1 fully saturated rings. The third-order valence-electron chi connectivity index (χ3n) is 4.94. The second-order valence-electron chi connectivity index (χ2n) is 6.48. The Morgan fingerprint density at radius 2 is 1.71 bits per heavy atom. The lowest BCUT2D eigenvalue weighted by atomic mass is 9.92. The summed E-state index contributed by atoms with van der Waals surface area (Å²) in [6, 6.07) is 4.18. The van der Waals surface area contributed by atoms with Gasteiger partial charge in [-0.15, -0.1) is 0 Å². The van der Waals surface area contributed by atoms with Crippen molar-refractivity contribution in [3.8, 4) is 0 Å². The van der Waals surface area contributed by atoms with Gasteiger partial charge in [0.1, 0.15) is 0 Å². The highest BCUT2D eigenvalue weighted by Crippen LogP contribution is 2.28. The van der Waals surface area contributed by atoms with Gasteiger partial charge in [-0.1, -0.05) is 0 Å². The number of rotatable bonds is 3. The fourth-order valence-electron chi connectivity index (χ4n) is 3.29. The molecule has 1 saturated heterocycles. The van der Waals surface area contributed by atoms with E-state index in [2.05, 4.69) is 0 Å². The Hall–Kier alpha value is -1.77. The molecule has 2 amide bonds. The van der Waals surface area contributed by atoms with Crippen LogP contribution in [0.25, 0.3) is 0 Å². The van der Waals surface area contributed by atoms with Crippen molar-refractivity contribution in [1.29, 1.82) is 0 Å². The Bertz CT molecular complexity index is 796. The lowest BCUT2D eigenvalue weighted by molar-refractivity contribution is 0.0693. The van der Waals surface area contributed by atoms with E-state index in [-0.39, 0.29) is 22.1 Å². The van der Waals surface area contributed by atoms with Crippen LogP contribution < -0.4 is 5.73 Å². The normalized spacial score (nSPS) is 21.2. The summed E-state index contributed by atoms with van der Waals surface area (Å²) in [7, 11) is -2.29. The molecule has 2 aliphatic rings. The van der Waals surface area contributed by atoms with E-state index in [9.17, 15) is 18.0 Å². The molecule has 24 heavy (non-hydrogen) atoms. The smallest absolute Gasteiger partial charge is 0.261 e. The topological polar surface area (TPSA) is 101 Å². The number of hydrogen-bond donors (Lipinski definition) is 1. The highest BCUT2D eigenvalue weighted by molar-refractivity contribution is 7.89. The van der Waals surface area contributed by atoms with E-state index in [1.54, 1.807) is 0 Å². The molecule has 8 heteroatoms. The molecule has 1 atom stereocenters. The molecule has 1 unspecified atom stereocenters. The maximum absolute atomic E-state index is 12.8. The Morgan fingerprint density at radius 3 is 2.29 bits per heavy atom. The van der Waals surface area contributed by atoms with Crippen LogP contribution in [0.5, 0.6) is 0 Å². The van der Waals surface area contributed by atoms with E-state index >= 15 is 0 Å². The summed E-state index contributed by atoms with van der Waals surface area (Å²) in [6.45, 7) is 2.77. The van der Waals surface area contributed by atoms with Crippen molar-refractivity contribution in [3.05, 3.63) is 29.3 Å². The molecule has 7 nitrogen and oxygen atoms in total. The molecule has 130 valence electrons. The molecule has 0 saturated carbocycles. The highest BCUT2D eigenvalue weighted by atomic mass is 32.2. The number of amides is 2. The minimum Gasteiger partial charge on any atom is -0.328 e. The van der Waals surface area contributed by atoms with Gasteiger partial charge < -0.3 is 5.73 Å². The molecule has 1 aromatic rings. The molecule has 0 spiro atoms. The number of carbonyl (C=O) groups is 2. The van der Waals surface area contributed by atoms with Crippen LogP contribution in [0, 0.1) is 5.92 Å². The van der Waals surface area contributed by atoms with Gasteiger partial charge in [0.05, 0.1) is 16.0 Å². The van der Waals surface area contributed by atoms with E-state index in [0.717, 1.165) is 17.7 Å². The molecular formula is C16H21N3O4S. The van der Waals surface area contributed by atoms with Crippen LogP contribution in [-0.2, 0) is 10.0 Å². The molecule has 0 bridgehead atoms. The van der Waals surface area contributed by atoms with E-state index in [1.165, 1.54) is 29.6 Å². The van der Waals surface area contributed by atoms with Crippen molar-refractivity contribution in [2.45, 2.75) is 30.7 Å². The number of carbonyl (C=O) groups excluding carboxylic acids is 2. The van der Waals surface area contributed by atoms with Crippen molar-refractivity contribution in [1.82, 2.24) is 9.21 Å². The van der Waals surface area contributed by atoms with Crippen molar-refractivity contribution < 1.29 is 18.0 Å². The van der Waals surface area contributed by atoms with Crippen molar-refractivity contribution >= 4 is 21.8 Å². The standard InChI is InChI=1S/C16H21N3O4S/c1-10(17)11-5-7-19(8-6-11)24(22,23)12-3-4-13-14(9-12)16(21)18(2)15(13)20/h3-4,9-11H,5-8,17H2,1-2H3. The van der Waals surface area contributed by atoms with Gasteiger partial charge in [-0.3, -0.25) is 14.5 Å². The van der Waals surface area contributed by atoms with Crippen LogP contribution in [0.2, 0.25) is 0 Å². The fourth-order valence-corrected chi connectivity index (χ4v) is 4.79. The Morgan fingerprint density at radius 1 is 1.12 bits per heavy atom. The second kappa shape index (κ2) is 5.94. The number of fused-ring (bicyclic) bond motifs is 1. The lowest BCUT2D eigenvalue weighted by Crippen LogP contribution is -2.42. The van der Waals surface area contributed by atoms with Crippen molar-refractivity contribution in [3.63, 3.8) is 0 Å². The maximum atomic E-state index is 12.8. The van der Waals surface area contributed by atoms with E-state index < -0.39 is 21.8 Å². The summed E-state index contributed by atoms with van der Waals surface area (Å²) < 4.78 is 27.1. The van der Waals surface area contributed by atoms with E-state index in [1.807, 2.05) is 6.92 Å². The summed E-state index contributed by atoms with van der Waals surface area (Å²) in [5, 5.41) is 0. The third kappa shape index (κ3) is 2.64. The van der Waals surface area contributed by atoms with Crippen LogP contribution in [0.4, 0.5) is 0 Å².